The van der Waals surface area contributed by atoms with Gasteiger partial charge in [0.05, 0.1) is 17.6 Å². The summed E-state index contributed by atoms with van der Waals surface area (Å²) in [6, 6.07) is 18.2. The number of benzene rings is 2. The summed E-state index contributed by atoms with van der Waals surface area (Å²) in [6.07, 6.45) is 3.79. The highest BCUT2D eigenvalue weighted by atomic mass is 16.2. The van der Waals surface area contributed by atoms with Crippen molar-refractivity contribution in [3.05, 3.63) is 66.0 Å². The minimum atomic E-state index is 0.0947. The third-order valence-corrected chi connectivity index (χ3v) is 8.00. The molecule has 1 saturated heterocycles. The maximum atomic E-state index is 13.6. The van der Waals surface area contributed by atoms with Gasteiger partial charge in [-0.2, -0.15) is 0 Å². The normalized spacial score (nSPS) is 14.1. The molecule has 2 N–H and O–H groups in total. The third-order valence-electron chi connectivity index (χ3n) is 8.00. The van der Waals surface area contributed by atoms with Gasteiger partial charge in [-0.1, -0.05) is 61.9 Å². The fraction of sp³-hybridized carbons (Fsp3) is 0.438. The van der Waals surface area contributed by atoms with E-state index in [1.54, 1.807) is 6.92 Å². The van der Waals surface area contributed by atoms with Gasteiger partial charge in [0.2, 0.25) is 11.8 Å². The Morgan fingerprint density at radius 1 is 0.951 bits per heavy atom. The second kappa shape index (κ2) is 13.1. The first-order valence-electron chi connectivity index (χ1n) is 14.8. The Hall–Kier alpha value is -3.98. The number of nitrogens with zero attached hydrogens (tertiary/aromatic N) is 6. The molecule has 0 saturated carbocycles. The van der Waals surface area contributed by atoms with Gasteiger partial charge >= 0.3 is 0 Å². The van der Waals surface area contributed by atoms with Crippen molar-refractivity contribution in [2.45, 2.75) is 52.6 Å². The van der Waals surface area contributed by atoms with Gasteiger partial charge in [0.1, 0.15) is 11.3 Å². The SMILES string of the molecule is CCCCc1nc2c(N)nc3ccccc3c2n1CCCN(Cc1ccccc1)C(=O)CN1CCN(C(C)=O)CC1. The van der Waals surface area contributed by atoms with Gasteiger partial charge in [0, 0.05) is 64.5 Å². The number of para-hydroxylation sites is 1. The van der Waals surface area contributed by atoms with E-state index in [0.29, 0.717) is 38.5 Å². The van der Waals surface area contributed by atoms with Crippen LogP contribution in [-0.2, 0) is 29.1 Å². The summed E-state index contributed by atoms with van der Waals surface area (Å²) < 4.78 is 2.30. The van der Waals surface area contributed by atoms with Crippen LogP contribution >= 0.6 is 0 Å². The van der Waals surface area contributed by atoms with Crippen LogP contribution < -0.4 is 5.73 Å². The monoisotopic (exact) mass is 555 g/mol. The average molecular weight is 556 g/mol. The lowest BCUT2D eigenvalue weighted by molar-refractivity contribution is -0.134. The van der Waals surface area contributed by atoms with Crippen LogP contribution in [0.25, 0.3) is 21.9 Å². The number of aromatic nitrogens is 3. The lowest BCUT2D eigenvalue weighted by atomic mass is 10.1. The Labute approximate surface area is 241 Å². The lowest BCUT2D eigenvalue weighted by Crippen LogP contribution is -2.51. The number of imidazole rings is 1. The molecule has 1 aliphatic rings. The summed E-state index contributed by atoms with van der Waals surface area (Å²) in [5, 5.41) is 1.05. The number of nitrogens with two attached hydrogens (primary N) is 1. The Bertz CT molecular complexity index is 1490. The predicted molar refractivity (Wildman–Crippen MR) is 163 cm³/mol. The molecule has 0 spiro atoms. The largest absolute Gasteiger partial charge is 0.382 e. The fourth-order valence-corrected chi connectivity index (χ4v) is 5.70. The molecule has 2 amide bonds. The van der Waals surface area contributed by atoms with Gasteiger partial charge in [0.15, 0.2) is 5.82 Å². The number of hydrogen-bond acceptors (Lipinski definition) is 6. The van der Waals surface area contributed by atoms with E-state index in [2.05, 4.69) is 39.6 Å². The van der Waals surface area contributed by atoms with E-state index in [-0.39, 0.29) is 11.8 Å². The van der Waals surface area contributed by atoms with Crippen LogP contribution in [0.2, 0.25) is 0 Å². The molecule has 2 aromatic carbocycles. The molecule has 1 fully saturated rings. The van der Waals surface area contributed by atoms with Crippen LogP contribution in [0.4, 0.5) is 5.82 Å². The number of rotatable bonds is 11. The standard InChI is InChI=1S/C32H41N7O2/c1-3-4-15-28-35-30-31(26-13-8-9-14-27(26)34-32(30)33)39(28)17-10-16-38(22-25-11-6-5-7-12-25)29(41)23-36-18-20-37(21-19-36)24(2)40/h5-9,11-14H,3-4,10,15-23H2,1-2H3,(H2,33,34). The Kier molecular flexibility index (Phi) is 9.14. The lowest BCUT2D eigenvalue weighted by Gasteiger charge is -2.35. The van der Waals surface area contributed by atoms with Crippen LogP contribution in [0.5, 0.6) is 0 Å². The zero-order valence-electron chi connectivity index (χ0n) is 24.3. The summed E-state index contributed by atoms with van der Waals surface area (Å²) in [7, 11) is 0. The molecule has 41 heavy (non-hydrogen) atoms. The molecular formula is C32H41N7O2. The zero-order chi connectivity index (χ0) is 28.8. The molecular weight excluding hydrogens is 514 g/mol. The Morgan fingerprint density at radius 3 is 2.41 bits per heavy atom. The topological polar surface area (TPSA) is 101 Å². The highest BCUT2D eigenvalue weighted by Gasteiger charge is 2.23. The Balaban J connectivity index is 1.35. The number of pyridine rings is 1. The maximum Gasteiger partial charge on any atom is 0.237 e. The maximum absolute atomic E-state index is 13.6. The second-order valence-electron chi connectivity index (χ2n) is 10.9. The first-order valence-corrected chi connectivity index (χ1v) is 14.8. The number of piperazine rings is 1. The van der Waals surface area contributed by atoms with E-state index in [1.165, 1.54) is 0 Å². The number of nitrogen functional groups attached to an aromatic ring is 1. The Morgan fingerprint density at radius 2 is 1.68 bits per heavy atom. The minimum absolute atomic E-state index is 0.0947. The molecule has 2 aromatic heterocycles. The highest BCUT2D eigenvalue weighted by molar-refractivity contribution is 6.06. The van der Waals surface area contributed by atoms with Crippen molar-refractivity contribution in [1.82, 2.24) is 29.2 Å². The second-order valence-corrected chi connectivity index (χ2v) is 10.9. The summed E-state index contributed by atoms with van der Waals surface area (Å²) in [6.45, 7) is 8.86. The van der Waals surface area contributed by atoms with Crippen LogP contribution in [0.15, 0.2) is 54.6 Å². The summed E-state index contributed by atoms with van der Waals surface area (Å²) in [5.41, 5.74) is 10.2. The summed E-state index contributed by atoms with van der Waals surface area (Å²) >= 11 is 0. The number of amides is 2. The average Bonchev–Trinajstić information content (AvgIpc) is 3.35. The van der Waals surface area contributed by atoms with Crippen molar-refractivity contribution in [2.75, 3.05) is 45.0 Å². The highest BCUT2D eigenvalue weighted by Crippen LogP contribution is 2.29. The van der Waals surface area contributed by atoms with Crippen LogP contribution in [-0.4, -0.2) is 80.3 Å². The molecule has 0 atom stereocenters. The van der Waals surface area contributed by atoms with Gasteiger partial charge in [0.25, 0.3) is 0 Å². The number of fused-ring (bicyclic) bond motifs is 3. The predicted octanol–water partition coefficient (Wildman–Crippen LogP) is 4.09. The fourth-order valence-electron chi connectivity index (χ4n) is 5.70. The quantitative estimate of drug-likeness (QED) is 0.299. The number of aryl methyl sites for hydroxylation is 2. The van der Waals surface area contributed by atoms with Gasteiger partial charge in [-0.15, -0.1) is 0 Å². The molecule has 216 valence electrons. The molecule has 0 unspecified atom stereocenters. The van der Waals surface area contributed by atoms with E-state index in [0.717, 1.165) is 78.6 Å². The van der Waals surface area contributed by atoms with Crippen LogP contribution in [0.1, 0.15) is 44.5 Å². The van der Waals surface area contributed by atoms with Gasteiger partial charge in [-0.05, 0) is 24.5 Å². The van der Waals surface area contributed by atoms with Crippen molar-refractivity contribution >= 4 is 39.6 Å². The summed E-state index contributed by atoms with van der Waals surface area (Å²) in [5.74, 6) is 1.69. The van der Waals surface area contributed by atoms with Crippen molar-refractivity contribution in [3.8, 4) is 0 Å². The van der Waals surface area contributed by atoms with E-state index >= 15 is 0 Å². The molecule has 3 heterocycles. The van der Waals surface area contributed by atoms with Crippen molar-refractivity contribution in [2.24, 2.45) is 0 Å². The molecule has 9 heteroatoms. The van der Waals surface area contributed by atoms with E-state index in [9.17, 15) is 9.59 Å². The molecule has 0 radical (unpaired) electrons. The van der Waals surface area contributed by atoms with Crippen molar-refractivity contribution in [1.29, 1.82) is 0 Å². The van der Waals surface area contributed by atoms with E-state index in [4.69, 9.17) is 10.7 Å². The van der Waals surface area contributed by atoms with Crippen molar-refractivity contribution < 1.29 is 9.59 Å². The number of anilines is 1. The first kappa shape index (κ1) is 28.5. The number of carbonyl (C=O) groups excluding carboxylic acids is 2. The molecule has 9 nitrogen and oxygen atoms in total. The van der Waals surface area contributed by atoms with Gasteiger partial charge < -0.3 is 20.1 Å². The van der Waals surface area contributed by atoms with Gasteiger partial charge in [-0.3, -0.25) is 14.5 Å². The molecule has 0 aliphatic carbocycles. The van der Waals surface area contributed by atoms with Gasteiger partial charge in [-0.25, -0.2) is 9.97 Å². The number of unbranched alkanes of at least 4 members (excludes halogenated alkanes) is 1. The first-order chi connectivity index (χ1) is 19.9. The van der Waals surface area contributed by atoms with E-state index in [1.807, 2.05) is 46.2 Å². The minimum Gasteiger partial charge on any atom is -0.382 e. The van der Waals surface area contributed by atoms with Crippen molar-refractivity contribution in [3.63, 3.8) is 0 Å². The smallest absolute Gasteiger partial charge is 0.237 e. The number of carbonyl (C=O) groups is 2. The molecule has 0 bridgehead atoms. The van der Waals surface area contributed by atoms with Crippen LogP contribution in [0, 0.1) is 0 Å². The van der Waals surface area contributed by atoms with E-state index < -0.39 is 0 Å². The third kappa shape index (κ3) is 6.68. The zero-order valence-corrected chi connectivity index (χ0v) is 24.3. The van der Waals surface area contributed by atoms with Crippen LogP contribution in [0.3, 0.4) is 0 Å². The molecule has 5 rings (SSSR count). The number of hydrogen-bond donors (Lipinski definition) is 1. The molecule has 4 aromatic rings. The summed E-state index contributed by atoms with van der Waals surface area (Å²) in [4.78, 5) is 40.9. The molecule has 1 aliphatic heterocycles.